The van der Waals surface area contributed by atoms with E-state index in [2.05, 4.69) is 9.97 Å². The van der Waals surface area contributed by atoms with Crippen molar-refractivity contribution in [1.29, 1.82) is 0 Å². The maximum absolute atomic E-state index is 6.14. The lowest BCUT2D eigenvalue weighted by atomic mass is 10.0. The van der Waals surface area contributed by atoms with Crippen molar-refractivity contribution >= 4 is 23.2 Å². The van der Waals surface area contributed by atoms with Gasteiger partial charge >= 0.3 is 0 Å². The van der Waals surface area contributed by atoms with E-state index in [1.807, 2.05) is 6.92 Å². The van der Waals surface area contributed by atoms with E-state index in [4.69, 9.17) is 27.9 Å². The van der Waals surface area contributed by atoms with Crippen molar-refractivity contribution in [3.8, 4) is 0 Å². The Bertz CT molecular complexity index is 394. The molecule has 2 rings (SSSR count). The molecule has 0 unspecified atom stereocenters. The molecule has 1 fully saturated rings. The van der Waals surface area contributed by atoms with Crippen LogP contribution in [-0.2, 0) is 16.8 Å². The van der Waals surface area contributed by atoms with Gasteiger partial charge in [-0.25, -0.2) is 9.97 Å². The van der Waals surface area contributed by atoms with Gasteiger partial charge < -0.3 is 4.74 Å². The summed E-state index contributed by atoms with van der Waals surface area (Å²) in [5, 5.41) is 0.900. The van der Waals surface area contributed by atoms with Gasteiger partial charge in [-0.2, -0.15) is 0 Å². The molecule has 0 bridgehead atoms. The third-order valence-corrected chi connectivity index (χ3v) is 4.09. The number of rotatable bonds is 3. The zero-order valence-electron chi connectivity index (χ0n) is 10.1. The van der Waals surface area contributed by atoms with Crippen LogP contribution in [0.15, 0.2) is 0 Å². The number of methoxy groups -OCH3 is 1. The number of nitrogens with zero attached hydrogens (tertiary/aromatic N) is 2. The van der Waals surface area contributed by atoms with Crippen molar-refractivity contribution in [2.24, 2.45) is 0 Å². The van der Waals surface area contributed by atoms with Gasteiger partial charge in [0.15, 0.2) is 5.82 Å². The molecular formula is C12H16Cl2N2O. The van der Waals surface area contributed by atoms with Crippen LogP contribution in [0.5, 0.6) is 0 Å². The molecule has 1 heterocycles. The Morgan fingerprint density at radius 2 is 1.71 bits per heavy atom. The van der Waals surface area contributed by atoms with E-state index in [-0.39, 0.29) is 5.60 Å². The number of hydrogen-bond donors (Lipinski definition) is 0. The Hall–Kier alpha value is -0.380. The van der Waals surface area contributed by atoms with Crippen LogP contribution in [0.25, 0.3) is 0 Å². The Morgan fingerprint density at radius 3 is 2.12 bits per heavy atom. The lowest BCUT2D eigenvalue weighted by molar-refractivity contribution is -0.0163. The molecule has 1 aliphatic rings. The lowest BCUT2D eigenvalue weighted by Crippen LogP contribution is -2.27. The molecule has 0 atom stereocenters. The maximum atomic E-state index is 6.14. The zero-order chi connectivity index (χ0) is 12.5. The summed E-state index contributed by atoms with van der Waals surface area (Å²) < 4.78 is 5.63. The van der Waals surface area contributed by atoms with Crippen LogP contribution < -0.4 is 0 Å². The average Bonchev–Trinajstić information content (AvgIpc) is 2.78. The molecule has 17 heavy (non-hydrogen) atoms. The van der Waals surface area contributed by atoms with Crippen molar-refractivity contribution < 1.29 is 4.74 Å². The molecular weight excluding hydrogens is 259 g/mol. The molecule has 1 aromatic rings. The lowest BCUT2D eigenvalue weighted by Gasteiger charge is -2.26. The molecule has 0 N–H and O–H groups in total. The van der Waals surface area contributed by atoms with E-state index in [0.717, 1.165) is 37.7 Å². The van der Waals surface area contributed by atoms with Gasteiger partial charge in [0.1, 0.15) is 15.9 Å². The Kier molecular flexibility index (Phi) is 3.91. The van der Waals surface area contributed by atoms with Gasteiger partial charge in [-0.1, -0.05) is 30.1 Å². The summed E-state index contributed by atoms with van der Waals surface area (Å²) in [6.45, 7) is 1.98. The van der Waals surface area contributed by atoms with Crippen LogP contribution in [0.3, 0.4) is 0 Å². The molecule has 1 aliphatic carbocycles. The summed E-state index contributed by atoms with van der Waals surface area (Å²) in [6.07, 6.45) is 4.85. The smallest absolute Gasteiger partial charge is 0.163 e. The minimum absolute atomic E-state index is 0.389. The van der Waals surface area contributed by atoms with Crippen molar-refractivity contribution in [3.05, 3.63) is 21.7 Å². The van der Waals surface area contributed by atoms with Gasteiger partial charge in [-0.3, -0.25) is 0 Å². The third kappa shape index (κ3) is 2.28. The molecule has 5 heteroatoms. The minimum atomic E-state index is -0.389. The molecule has 0 aromatic carbocycles. The molecule has 3 nitrogen and oxygen atoms in total. The highest BCUT2D eigenvalue weighted by Gasteiger charge is 2.39. The van der Waals surface area contributed by atoms with Gasteiger partial charge in [0.25, 0.3) is 0 Å². The molecule has 0 aliphatic heterocycles. The quantitative estimate of drug-likeness (QED) is 0.788. The Morgan fingerprint density at radius 1 is 1.18 bits per heavy atom. The minimum Gasteiger partial charge on any atom is -0.370 e. The van der Waals surface area contributed by atoms with Crippen LogP contribution in [0.1, 0.15) is 44.0 Å². The first kappa shape index (κ1) is 13.1. The first-order chi connectivity index (χ1) is 8.13. The number of aromatic nitrogens is 2. The van der Waals surface area contributed by atoms with Gasteiger partial charge in [0.05, 0.1) is 0 Å². The SMILES string of the molecule is CCc1c(Cl)nc(C2(OC)CCCC2)nc1Cl. The van der Waals surface area contributed by atoms with E-state index < -0.39 is 0 Å². The number of ether oxygens (including phenoxy) is 1. The highest BCUT2D eigenvalue weighted by molar-refractivity contribution is 6.34. The Balaban J connectivity index is 2.45. The molecule has 0 radical (unpaired) electrons. The summed E-state index contributed by atoms with van der Waals surface area (Å²) in [4.78, 5) is 8.75. The van der Waals surface area contributed by atoms with Crippen LogP contribution in [0.2, 0.25) is 10.3 Å². The van der Waals surface area contributed by atoms with Gasteiger partial charge in [-0.05, 0) is 32.1 Å². The molecule has 1 saturated carbocycles. The van der Waals surface area contributed by atoms with Crippen molar-refractivity contribution in [1.82, 2.24) is 9.97 Å². The predicted octanol–water partition coefficient (Wildman–Crippen LogP) is 3.76. The third-order valence-electron chi connectivity index (χ3n) is 3.47. The van der Waals surface area contributed by atoms with E-state index in [1.165, 1.54) is 0 Å². The monoisotopic (exact) mass is 274 g/mol. The van der Waals surface area contributed by atoms with E-state index >= 15 is 0 Å². The number of hydrogen-bond acceptors (Lipinski definition) is 3. The van der Waals surface area contributed by atoms with Crippen molar-refractivity contribution in [3.63, 3.8) is 0 Å². The van der Waals surface area contributed by atoms with Crippen LogP contribution >= 0.6 is 23.2 Å². The largest absolute Gasteiger partial charge is 0.370 e. The van der Waals surface area contributed by atoms with Gasteiger partial charge in [-0.15, -0.1) is 0 Å². The zero-order valence-corrected chi connectivity index (χ0v) is 11.6. The molecule has 0 amide bonds. The first-order valence-corrected chi connectivity index (χ1v) is 6.66. The van der Waals surface area contributed by atoms with Crippen LogP contribution in [0.4, 0.5) is 0 Å². The molecule has 94 valence electrons. The Labute approximate surface area is 112 Å². The van der Waals surface area contributed by atoms with E-state index in [0.29, 0.717) is 16.1 Å². The van der Waals surface area contributed by atoms with E-state index in [1.54, 1.807) is 7.11 Å². The topological polar surface area (TPSA) is 35.0 Å². The number of halogens is 2. The molecule has 0 spiro atoms. The predicted molar refractivity (Wildman–Crippen MR) is 68.6 cm³/mol. The highest BCUT2D eigenvalue weighted by atomic mass is 35.5. The average molecular weight is 275 g/mol. The second-order valence-electron chi connectivity index (χ2n) is 4.37. The summed E-state index contributed by atoms with van der Waals surface area (Å²) in [5.41, 5.74) is 0.417. The highest BCUT2D eigenvalue weighted by Crippen LogP contribution is 2.41. The fraction of sp³-hybridized carbons (Fsp3) is 0.667. The summed E-state index contributed by atoms with van der Waals surface area (Å²) in [5.74, 6) is 0.629. The summed E-state index contributed by atoms with van der Waals surface area (Å²) in [6, 6.07) is 0. The fourth-order valence-corrected chi connectivity index (χ4v) is 3.05. The van der Waals surface area contributed by atoms with Gasteiger partial charge in [0.2, 0.25) is 0 Å². The summed E-state index contributed by atoms with van der Waals surface area (Å²) >= 11 is 12.3. The van der Waals surface area contributed by atoms with Gasteiger partial charge in [0, 0.05) is 12.7 Å². The maximum Gasteiger partial charge on any atom is 0.163 e. The summed E-state index contributed by atoms with van der Waals surface area (Å²) in [7, 11) is 1.70. The molecule has 0 saturated heterocycles. The van der Waals surface area contributed by atoms with E-state index in [9.17, 15) is 0 Å². The standard InChI is InChI=1S/C12H16Cl2N2O/c1-3-8-9(13)15-11(16-10(8)14)12(17-2)6-4-5-7-12/h3-7H2,1-2H3. The normalized spacial score (nSPS) is 18.6. The molecule has 1 aromatic heterocycles. The van der Waals surface area contributed by atoms with Crippen molar-refractivity contribution in [2.45, 2.75) is 44.6 Å². The van der Waals surface area contributed by atoms with Crippen molar-refractivity contribution in [2.75, 3.05) is 7.11 Å². The second-order valence-corrected chi connectivity index (χ2v) is 5.08. The fourth-order valence-electron chi connectivity index (χ4n) is 2.39. The second kappa shape index (κ2) is 5.09. The van der Waals surface area contributed by atoms with Crippen LogP contribution in [0, 0.1) is 0 Å². The first-order valence-electron chi connectivity index (χ1n) is 5.90. The van der Waals surface area contributed by atoms with Crippen LogP contribution in [-0.4, -0.2) is 17.1 Å².